The third-order valence-electron chi connectivity index (χ3n) is 3.38. The lowest BCUT2D eigenvalue weighted by Crippen LogP contribution is -2.13. The lowest BCUT2D eigenvalue weighted by molar-refractivity contribution is 0.624. The maximum atomic E-state index is 14.4. The molecule has 106 valence electrons. The van der Waals surface area contributed by atoms with Crippen molar-refractivity contribution in [1.29, 1.82) is 0 Å². The molecule has 0 spiro atoms. The molecule has 0 aliphatic heterocycles. The molecule has 5 heteroatoms. The largest absolute Gasteiger partial charge is 0.398 e. The Morgan fingerprint density at radius 3 is 2.67 bits per heavy atom. The first-order chi connectivity index (χ1) is 10.1. The molecule has 0 fully saturated rings. The molecule has 21 heavy (non-hydrogen) atoms. The van der Waals surface area contributed by atoms with Gasteiger partial charge in [0.2, 0.25) is 0 Å². The molecule has 2 aromatic carbocycles. The second-order valence-electron chi connectivity index (χ2n) is 4.73. The van der Waals surface area contributed by atoms with Crippen molar-refractivity contribution in [2.75, 3.05) is 17.7 Å². The maximum Gasteiger partial charge on any atom is 0.151 e. The second-order valence-corrected chi connectivity index (χ2v) is 4.73. The van der Waals surface area contributed by atoms with Crippen molar-refractivity contribution in [3.8, 4) is 0 Å². The van der Waals surface area contributed by atoms with Gasteiger partial charge < -0.3 is 10.6 Å². The van der Waals surface area contributed by atoms with Gasteiger partial charge in [0.15, 0.2) is 5.82 Å². The highest BCUT2D eigenvalue weighted by molar-refractivity contribution is 6.00. The van der Waals surface area contributed by atoms with Crippen molar-refractivity contribution < 1.29 is 8.78 Å². The van der Waals surface area contributed by atoms with E-state index in [-0.39, 0.29) is 11.5 Å². The number of rotatable bonds is 2. The normalized spacial score (nSPS) is 10.8. The van der Waals surface area contributed by atoms with Crippen LogP contribution in [0.3, 0.4) is 0 Å². The van der Waals surface area contributed by atoms with Gasteiger partial charge in [-0.15, -0.1) is 0 Å². The summed E-state index contributed by atoms with van der Waals surface area (Å²) in [5.41, 5.74) is 7.40. The molecular weight excluding hydrogens is 272 g/mol. The van der Waals surface area contributed by atoms with Crippen molar-refractivity contribution in [3.05, 3.63) is 60.3 Å². The number of fused-ring (bicyclic) bond motifs is 1. The van der Waals surface area contributed by atoms with E-state index in [2.05, 4.69) is 4.98 Å². The molecule has 1 aromatic heterocycles. The van der Waals surface area contributed by atoms with Crippen molar-refractivity contribution in [2.24, 2.45) is 0 Å². The Labute approximate surface area is 120 Å². The van der Waals surface area contributed by atoms with Crippen molar-refractivity contribution >= 4 is 28.0 Å². The first-order valence-corrected chi connectivity index (χ1v) is 6.40. The summed E-state index contributed by atoms with van der Waals surface area (Å²) >= 11 is 0. The fourth-order valence-corrected chi connectivity index (χ4v) is 2.36. The Morgan fingerprint density at radius 2 is 1.90 bits per heavy atom. The minimum absolute atomic E-state index is 0.269. The average Bonchev–Trinajstić information content (AvgIpc) is 2.47. The van der Waals surface area contributed by atoms with E-state index in [1.165, 1.54) is 18.2 Å². The van der Waals surface area contributed by atoms with E-state index in [1.54, 1.807) is 42.4 Å². The number of nitrogens with zero attached hydrogens (tertiary/aromatic N) is 2. The van der Waals surface area contributed by atoms with Gasteiger partial charge in [0.1, 0.15) is 11.5 Å². The predicted molar refractivity (Wildman–Crippen MR) is 80.6 cm³/mol. The second kappa shape index (κ2) is 5.01. The summed E-state index contributed by atoms with van der Waals surface area (Å²) in [5, 5.41) is 0.664. The fraction of sp³-hybridized carbons (Fsp3) is 0.0625. The molecule has 3 aromatic rings. The molecular formula is C16H13F2N3. The van der Waals surface area contributed by atoms with Crippen LogP contribution in [-0.4, -0.2) is 12.0 Å². The van der Waals surface area contributed by atoms with Gasteiger partial charge in [-0.25, -0.2) is 8.78 Å². The zero-order valence-corrected chi connectivity index (χ0v) is 11.3. The van der Waals surface area contributed by atoms with Crippen LogP contribution in [0.2, 0.25) is 0 Å². The van der Waals surface area contributed by atoms with Crippen LogP contribution < -0.4 is 10.6 Å². The molecule has 0 amide bonds. The smallest absolute Gasteiger partial charge is 0.151 e. The number of nitrogens with two attached hydrogens (primary N) is 1. The number of pyridine rings is 1. The van der Waals surface area contributed by atoms with E-state index in [1.807, 2.05) is 0 Å². The maximum absolute atomic E-state index is 14.4. The van der Waals surface area contributed by atoms with Crippen molar-refractivity contribution in [2.45, 2.75) is 0 Å². The summed E-state index contributed by atoms with van der Waals surface area (Å²) < 4.78 is 27.7. The SMILES string of the molecule is CN(c1cccc(F)c1)c1c(F)cc(N)c2cccnc12. The Kier molecular flexibility index (Phi) is 3.17. The number of anilines is 3. The summed E-state index contributed by atoms with van der Waals surface area (Å²) in [6, 6.07) is 10.7. The van der Waals surface area contributed by atoms with Gasteiger partial charge in [0.25, 0.3) is 0 Å². The first-order valence-electron chi connectivity index (χ1n) is 6.40. The number of aromatic nitrogens is 1. The van der Waals surface area contributed by atoms with Crippen LogP contribution in [0.15, 0.2) is 48.7 Å². The van der Waals surface area contributed by atoms with Gasteiger partial charge in [0, 0.05) is 30.0 Å². The first kappa shape index (κ1) is 13.3. The molecule has 0 aliphatic carbocycles. The lowest BCUT2D eigenvalue weighted by Gasteiger charge is -2.22. The zero-order valence-electron chi connectivity index (χ0n) is 11.3. The van der Waals surface area contributed by atoms with Crippen molar-refractivity contribution in [1.82, 2.24) is 4.98 Å². The van der Waals surface area contributed by atoms with Crippen LogP contribution in [-0.2, 0) is 0 Å². The third kappa shape index (κ3) is 2.27. The molecule has 0 saturated heterocycles. The summed E-state index contributed by atoms with van der Waals surface area (Å²) in [6.07, 6.45) is 1.57. The number of hydrogen-bond acceptors (Lipinski definition) is 3. The highest BCUT2D eigenvalue weighted by atomic mass is 19.1. The van der Waals surface area contributed by atoms with Gasteiger partial charge in [-0.3, -0.25) is 4.98 Å². The average molecular weight is 285 g/mol. The molecule has 1 heterocycles. The zero-order chi connectivity index (χ0) is 15.0. The van der Waals surface area contributed by atoms with Gasteiger partial charge in [-0.1, -0.05) is 6.07 Å². The van der Waals surface area contributed by atoms with Crippen LogP contribution in [0.25, 0.3) is 10.9 Å². The van der Waals surface area contributed by atoms with E-state index in [4.69, 9.17) is 5.73 Å². The molecule has 3 nitrogen and oxygen atoms in total. The number of hydrogen-bond donors (Lipinski definition) is 1. The van der Waals surface area contributed by atoms with Gasteiger partial charge >= 0.3 is 0 Å². The molecule has 2 N–H and O–H groups in total. The molecule has 0 atom stereocenters. The number of nitrogen functional groups attached to an aromatic ring is 1. The summed E-state index contributed by atoms with van der Waals surface area (Å²) in [4.78, 5) is 5.78. The summed E-state index contributed by atoms with van der Waals surface area (Å²) in [7, 11) is 1.66. The molecule has 3 rings (SSSR count). The van der Waals surface area contributed by atoms with Crippen LogP contribution in [0, 0.1) is 11.6 Å². The van der Waals surface area contributed by atoms with Gasteiger partial charge in [0.05, 0.1) is 5.52 Å². The van der Waals surface area contributed by atoms with Crippen LogP contribution in [0.1, 0.15) is 0 Å². The van der Waals surface area contributed by atoms with E-state index in [0.29, 0.717) is 22.3 Å². The monoisotopic (exact) mass is 285 g/mol. The minimum atomic E-state index is -0.495. The number of halogens is 2. The Balaban J connectivity index is 2.25. The molecule has 0 bridgehead atoms. The topological polar surface area (TPSA) is 42.1 Å². The quantitative estimate of drug-likeness (QED) is 0.727. The number of benzene rings is 2. The van der Waals surface area contributed by atoms with Gasteiger partial charge in [-0.05, 0) is 36.4 Å². The van der Waals surface area contributed by atoms with E-state index >= 15 is 0 Å². The van der Waals surface area contributed by atoms with Crippen LogP contribution in [0.5, 0.6) is 0 Å². The van der Waals surface area contributed by atoms with E-state index in [9.17, 15) is 8.78 Å². The Bertz CT molecular complexity index is 818. The molecule has 0 unspecified atom stereocenters. The Morgan fingerprint density at radius 1 is 1.10 bits per heavy atom. The van der Waals surface area contributed by atoms with Crippen LogP contribution >= 0.6 is 0 Å². The minimum Gasteiger partial charge on any atom is -0.398 e. The van der Waals surface area contributed by atoms with E-state index < -0.39 is 5.82 Å². The summed E-state index contributed by atoms with van der Waals surface area (Å²) in [6.45, 7) is 0. The lowest BCUT2D eigenvalue weighted by atomic mass is 10.1. The molecule has 0 saturated carbocycles. The fourth-order valence-electron chi connectivity index (χ4n) is 2.36. The van der Waals surface area contributed by atoms with Crippen molar-refractivity contribution in [3.63, 3.8) is 0 Å². The highest BCUT2D eigenvalue weighted by Crippen LogP contribution is 2.35. The van der Waals surface area contributed by atoms with Gasteiger partial charge in [-0.2, -0.15) is 0 Å². The van der Waals surface area contributed by atoms with Crippen LogP contribution in [0.4, 0.5) is 25.8 Å². The Hall–Kier alpha value is -2.69. The standard InChI is InChI=1S/C16H13F2N3/c1-21(11-5-2-4-10(17)8-11)16-13(18)9-14(19)12-6-3-7-20-15(12)16/h2-9H,19H2,1H3. The van der Waals surface area contributed by atoms with E-state index in [0.717, 1.165) is 0 Å². The molecule has 0 aliphatic rings. The third-order valence-corrected chi connectivity index (χ3v) is 3.38. The predicted octanol–water partition coefficient (Wildman–Crippen LogP) is 3.86. The summed E-state index contributed by atoms with van der Waals surface area (Å²) in [5.74, 6) is -0.877. The molecule has 0 radical (unpaired) electrons. The highest BCUT2D eigenvalue weighted by Gasteiger charge is 2.17.